The Kier molecular flexibility index (Phi) is 6.79. The third-order valence-corrected chi connectivity index (χ3v) is 6.14. The standard InChI is InChI=1S/C26H23BrF2N2O2/c1-3-30(4-2)26(32)33-24-12-11-23-20(25(24)18-7-10-21(28)22(29)15-18)13-14-31(23)16-17-5-8-19(27)9-6-17/h5-15H,3-4,16H2,1-2H3. The van der Waals surface area contributed by atoms with Crippen molar-refractivity contribution in [2.45, 2.75) is 20.4 Å². The van der Waals surface area contributed by atoms with E-state index in [2.05, 4.69) is 20.5 Å². The minimum Gasteiger partial charge on any atom is -0.410 e. The largest absolute Gasteiger partial charge is 0.415 e. The lowest BCUT2D eigenvalue weighted by molar-refractivity contribution is 0.157. The van der Waals surface area contributed by atoms with Gasteiger partial charge in [-0.05, 0) is 67.4 Å². The van der Waals surface area contributed by atoms with Gasteiger partial charge in [0.05, 0.1) is 0 Å². The summed E-state index contributed by atoms with van der Waals surface area (Å²) in [6.07, 6.45) is 1.45. The normalized spacial score (nSPS) is 11.1. The van der Waals surface area contributed by atoms with Crippen LogP contribution in [-0.2, 0) is 6.54 Å². The second-order valence-electron chi connectivity index (χ2n) is 7.61. The van der Waals surface area contributed by atoms with Crippen LogP contribution in [0.1, 0.15) is 19.4 Å². The molecule has 1 amide bonds. The van der Waals surface area contributed by atoms with Crippen molar-refractivity contribution in [2.24, 2.45) is 0 Å². The first kappa shape index (κ1) is 23.0. The Labute approximate surface area is 199 Å². The topological polar surface area (TPSA) is 34.5 Å². The summed E-state index contributed by atoms with van der Waals surface area (Å²) < 4.78 is 36.5. The molecule has 0 aliphatic heterocycles. The second kappa shape index (κ2) is 9.75. The highest BCUT2D eigenvalue weighted by atomic mass is 79.9. The van der Waals surface area contributed by atoms with Crippen molar-refractivity contribution in [3.63, 3.8) is 0 Å². The van der Waals surface area contributed by atoms with Gasteiger partial charge < -0.3 is 14.2 Å². The van der Waals surface area contributed by atoms with Gasteiger partial charge in [-0.25, -0.2) is 13.6 Å². The van der Waals surface area contributed by atoms with E-state index >= 15 is 0 Å². The van der Waals surface area contributed by atoms with Crippen molar-refractivity contribution in [3.8, 4) is 16.9 Å². The number of ether oxygens (including phenoxy) is 1. The van der Waals surface area contributed by atoms with Gasteiger partial charge in [-0.15, -0.1) is 0 Å². The first-order valence-electron chi connectivity index (χ1n) is 10.7. The maximum atomic E-state index is 14.1. The lowest BCUT2D eigenvalue weighted by Gasteiger charge is -2.20. The third-order valence-electron chi connectivity index (χ3n) is 5.61. The van der Waals surface area contributed by atoms with E-state index in [1.807, 2.05) is 56.4 Å². The predicted octanol–water partition coefficient (Wildman–Crippen LogP) is 7.24. The van der Waals surface area contributed by atoms with Crippen molar-refractivity contribution < 1.29 is 18.3 Å². The van der Waals surface area contributed by atoms with Crippen molar-refractivity contribution in [1.82, 2.24) is 9.47 Å². The highest BCUT2D eigenvalue weighted by molar-refractivity contribution is 9.10. The number of fused-ring (bicyclic) bond motifs is 1. The highest BCUT2D eigenvalue weighted by Crippen LogP contribution is 2.38. The van der Waals surface area contributed by atoms with Crippen LogP contribution in [0.5, 0.6) is 5.75 Å². The van der Waals surface area contributed by atoms with Gasteiger partial charge in [-0.3, -0.25) is 0 Å². The van der Waals surface area contributed by atoms with Crippen LogP contribution in [0.15, 0.2) is 71.3 Å². The first-order valence-corrected chi connectivity index (χ1v) is 11.5. The van der Waals surface area contributed by atoms with Crippen LogP contribution in [0.25, 0.3) is 22.0 Å². The Morgan fingerprint density at radius 3 is 2.36 bits per heavy atom. The van der Waals surface area contributed by atoms with Crippen LogP contribution >= 0.6 is 15.9 Å². The Balaban J connectivity index is 1.82. The fraction of sp³-hybridized carbons (Fsp3) is 0.192. The van der Waals surface area contributed by atoms with E-state index in [1.54, 1.807) is 11.0 Å². The van der Waals surface area contributed by atoms with Crippen LogP contribution in [0.4, 0.5) is 13.6 Å². The molecule has 0 N–H and O–H groups in total. The summed E-state index contributed by atoms with van der Waals surface area (Å²) in [5.41, 5.74) is 2.98. The molecule has 0 atom stereocenters. The third kappa shape index (κ3) is 4.78. The summed E-state index contributed by atoms with van der Waals surface area (Å²) >= 11 is 3.45. The number of nitrogens with zero attached hydrogens (tertiary/aromatic N) is 2. The van der Waals surface area contributed by atoms with Crippen molar-refractivity contribution >= 4 is 32.9 Å². The van der Waals surface area contributed by atoms with Gasteiger partial charge in [-0.1, -0.05) is 34.1 Å². The molecule has 3 aromatic carbocycles. The van der Waals surface area contributed by atoms with E-state index in [-0.39, 0.29) is 0 Å². The number of hydrogen-bond acceptors (Lipinski definition) is 2. The van der Waals surface area contributed by atoms with Gasteiger partial charge in [0.25, 0.3) is 0 Å². The minimum atomic E-state index is -0.959. The fourth-order valence-corrected chi connectivity index (χ4v) is 4.12. The van der Waals surface area contributed by atoms with Crippen LogP contribution in [0.3, 0.4) is 0 Å². The molecule has 7 heteroatoms. The van der Waals surface area contributed by atoms with Gasteiger partial charge in [0.1, 0.15) is 5.75 Å². The fourth-order valence-electron chi connectivity index (χ4n) is 3.85. The Bertz CT molecular complexity index is 1300. The zero-order valence-electron chi connectivity index (χ0n) is 18.3. The predicted molar refractivity (Wildman–Crippen MR) is 129 cm³/mol. The van der Waals surface area contributed by atoms with Crippen molar-refractivity contribution in [2.75, 3.05) is 13.1 Å². The zero-order valence-corrected chi connectivity index (χ0v) is 19.9. The number of amides is 1. The maximum Gasteiger partial charge on any atom is 0.415 e. The molecule has 33 heavy (non-hydrogen) atoms. The summed E-state index contributed by atoms with van der Waals surface area (Å²) in [5.74, 6) is -1.59. The van der Waals surface area contributed by atoms with Gasteiger partial charge in [0, 0.05) is 46.8 Å². The summed E-state index contributed by atoms with van der Waals surface area (Å²) in [6.45, 7) is 5.37. The second-order valence-corrected chi connectivity index (χ2v) is 8.53. The summed E-state index contributed by atoms with van der Waals surface area (Å²) in [4.78, 5) is 14.2. The molecule has 4 aromatic rings. The van der Waals surface area contributed by atoms with Crippen molar-refractivity contribution in [3.05, 3.63) is 88.5 Å². The zero-order chi connectivity index (χ0) is 23.5. The SMILES string of the molecule is CCN(CC)C(=O)Oc1ccc2c(ccn2Cc2ccc(Br)cc2)c1-c1ccc(F)c(F)c1. The quantitative estimate of drug-likeness (QED) is 0.273. The molecular weight excluding hydrogens is 490 g/mol. The summed E-state index contributed by atoms with van der Waals surface area (Å²) in [7, 11) is 0. The molecular formula is C26H23BrF2N2O2. The lowest BCUT2D eigenvalue weighted by Crippen LogP contribution is -2.33. The van der Waals surface area contributed by atoms with Crippen LogP contribution in [0, 0.1) is 11.6 Å². The molecule has 0 unspecified atom stereocenters. The molecule has 170 valence electrons. The smallest absolute Gasteiger partial charge is 0.410 e. The molecule has 0 fully saturated rings. The van der Waals surface area contributed by atoms with Crippen LogP contribution < -0.4 is 4.74 Å². The van der Waals surface area contributed by atoms with E-state index in [9.17, 15) is 13.6 Å². The monoisotopic (exact) mass is 512 g/mol. The van der Waals surface area contributed by atoms with Crippen LogP contribution in [0.2, 0.25) is 0 Å². The highest BCUT2D eigenvalue weighted by Gasteiger charge is 2.20. The van der Waals surface area contributed by atoms with Gasteiger partial charge in [-0.2, -0.15) is 0 Å². The minimum absolute atomic E-state index is 0.298. The Morgan fingerprint density at radius 2 is 1.70 bits per heavy atom. The van der Waals surface area contributed by atoms with E-state index in [0.29, 0.717) is 36.5 Å². The number of carbonyl (C=O) groups is 1. The molecule has 0 bridgehead atoms. The molecule has 0 saturated carbocycles. The Hall–Kier alpha value is -3.19. The molecule has 1 heterocycles. The molecule has 4 nitrogen and oxygen atoms in total. The molecule has 0 aliphatic rings. The van der Waals surface area contributed by atoms with E-state index in [0.717, 1.165) is 33.1 Å². The van der Waals surface area contributed by atoms with Crippen LogP contribution in [-0.4, -0.2) is 28.6 Å². The number of aromatic nitrogens is 1. The number of halogens is 3. The Morgan fingerprint density at radius 1 is 0.970 bits per heavy atom. The van der Waals surface area contributed by atoms with E-state index < -0.39 is 17.7 Å². The average Bonchev–Trinajstić information content (AvgIpc) is 3.20. The number of hydrogen-bond donors (Lipinski definition) is 0. The van der Waals surface area contributed by atoms with E-state index in [1.165, 1.54) is 6.07 Å². The number of rotatable bonds is 6. The summed E-state index contributed by atoms with van der Waals surface area (Å²) in [5, 5.41) is 0.781. The summed E-state index contributed by atoms with van der Waals surface area (Å²) in [6, 6.07) is 17.2. The average molecular weight is 513 g/mol. The van der Waals surface area contributed by atoms with E-state index in [4.69, 9.17) is 4.74 Å². The molecule has 0 saturated heterocycles. The van der Waals surface area contributed by atoms with Gasteiger partial charge in [0.2, 0.25) is 0 Å². The molecule has 1 aromatic heterocycles. The maximum absolute atomic E-state index is 14.1. The van der Waals surface area contributed by atoms with Gasteiger partial charge >= 0.3 is 6.09 Å². The number of benzene rings is 3. The molecule has 0 spiro atoms. The molecule has 0 aliphatic carbocycles. The van der Waals surface area contributed by atoms with Crippen molar-refractivity contribution in [1.29, 1.82) is 0 Å². The molecule has 4 rings (SSSR count). The first-order chi connectivity index (χ1) is 15.9. The lowest BCUT2D eigenvalue weighted by atomic mass is 10.00. The van der Waals surface area contributed by atoms with Gasteiger partial charge in [0.15, 0.2) is 11.6 Å². The number of carbonyl (C=O) groups excluding carboxylic acids is 1. The molecule has 0 radical (unpaired) electrons.